The number of carbonyl (C=O) groups is 2. The van der Waals surface area contributed by atoms with Crippen LogP contribution in [0.5, 0.6) is 0 Å². The lowest BCUT2D eigenvalue weighted by Crippen LogP contribution is -2.50. The number of nitrogens with zero attached hydrogens (tertiary/aromatic N) is 3. The number of piperazine rings is 1. The van der Waals surface area contributed by atoms with Gasteiger partial charge in [-0.05, 0) is 24.5 Å². The molecule has 1 saturated heterocycles. The quantitative estimate of drug-likeness (QED) is 0.777. The normalized spacial score (nSPS) is 17.8. The summed E-state index contributed by atoms with van der Waals surface area (Å²) in [6.45, 7) is 3.92. The predicted molar refractivity (Wildman–Crippen MR) is 99.3 cm³/mol. The molecule has 142 valence electrons. The lowest BCUT2D eigenvalue weighted by atomic mass is 10.0. The van der Waals surface area contributed by atoms with Crippen molar-refractivity contribution in [3.8, 4) is 0 Å². The number of hydrogen-bond acceptors (Lipinski definition) is 4. The molecule has 26 heavy (non-hydrogen) atoms. The van der Waals surface area contributed by atoms with Crippen molar-refractivity contribution in [1.82, 2.24) is 9.80 Å². The minimum atomic E-state index is -3.53. The summed E-state index contributed by atoms with van der Waals surface area (Å²) >= 11 is 0. The van der Waals surface area contributed by atoms with E-state index in [2.05, 4.69) is 0 Å². The standard InChI is InChI=1S/C18H25N3O4S/c1-15(22)19-10-12-20(13-11-19)18(23)8-14-26(24,25)21-9-4-6-16-5-2-3-7-17(16)21/h2-3,5,7H,4,6,8-14H2,1H3. The lowest BCUT2D eigenvalue weighted by molar-refractivity contribution is -0.138. The monoisotopic (exact) mass is 379 g/mol. The molecule has 1 aromatic carbocycles. The van der Waals surface area contributed by atoms with E-state index in [1.165, 1.54) is 11.2 Å². The maximum absolute atomic E-state index is 12.8. The summed E-state index contributed by atoms with van der Waals surface area (Å²) in [4.78, 5) is 27.1. The van der Waals surface area contributed by atoms with E-state index in [4.69, 9.17) is 0 Å². The van der Waals surface area contributed by atoms with Crippen LogP contribution in [0.2, 0.25) is 0 Å². The Morgan fingerprint density at radius 2 is 1.65 bits per heavy atom. The fraction of sp³-hybridized carbons (Fsp3) is 0.556. The molecule has 2 aliphatic rings. The molecule has 1 aromatic rings. The van der Waals surface area contributed by atoms with Crippen LogP contribution in [-0.2, 0) is 26.0 Å². The van der Waals surface area contributed by atoms with Crippen molar-refractivity contribution in [1.29, 1.82) is 0 Å². The van der Waals surface area contributed by atoms with Gasteiger partial charge in [-0.15, -0.1) is 0 Å². The third kappa shape index (κ3) is 4.00. The molecule has 0 unspecified atom stereocenters. The number of aryl methyl sites for hydroxylation is 1. The minimum Gasteiger partial charge on any atom is -0.339 e. The summed E-state index contributed by atoms with van der Waals surface area (Å²) in [6.07, 6.45) is 1.64. The molecule has 0 bridgehead atoms. The van der Waals surface area contributed by atoms with Crippen LogP contribution in [0.4, 0.5) is 5.69 Å². The molecule has 2 aliphatic heterocycles. The molecule has 0 N–H and O–H groups in total. The molecule has 0 atom stereocenters. The average molecular weight is 379 g/mol. The maximum atomic E-state index is 12.8. The highest BCUT2D eigenvalue weighted by molar-refractivity contribution is 7.92. The Balaban J connectivity index is 1.59. The zero-order chi connectivity index (χ0) is 18.7. The van der Waals surface area contributed by atoms with E-state index in [9.17, 15) is 18.0 Å². The van der Waals surface area contributed by atoms with Crippen LogP contribution in [-0.4, -0.2) is 68.5 Å². The van der Waals surface area contributed by atoms with Gasteiger partial charge < -0.3 is 9.80 Å². The first-order valence-corrected chi connectivity index (χ1v) is 10.6. The first kappa shape index (κ1) is 18.7. The van der Waals surface area contributed by atoms with Gasteiger partial charge in [-0.3, -0.25) is 13.9 Å². The van der Waals surface area contributed by atoms with Gasteiger partial charge >= 0.3 is 0 Å². The van der Waals surface area contributed by atoms with E-state index in [0.29, 0.717) is 32.7 Å². The van der Waals surface area contributed by atoms with Gasteiger partial charge in [-0.25, -0.2) is 8.42 Å². The molecule has 7 nitrogen and oxygen atoms in total. The Hall–Kier alpha value is -2.09. The van der Waals surface area contributed by atoms with E-state index in [0.717, 1.165) is 24.1 Å². The highest BCUT2D eigenvalue weighted by Gasteiger charge is 2.29. The van der Waals surface area contributed by atoms with Crippen molar-refractivity contribution in [2.24, 2.45) is 0 Å². The van der Waals surface area contributed by atoms with Crippen LogP contribution < -0.4 is 4.31 Å². The third-order valence-electron chi connectivity index (χ3n) is 5.05. The summed E-state index contributed by atoms with van der Waals surface area (Å²) in [5, 5.41) is 0. The number of sulfonamides is 1. The Morgan fingerprint density at radius 3 is 2.35 bits per heavy atom. The van der Waals surface area contributed by atoms with Crippen LogP contribution in [0.25, 0.3) is 0 Å². The molecular weight excluding hydrogens is 354 g/mol. The van der Waals surface area contributed by atoms with E-state index in [1.54, 1.807) is 9.80 Å². The SMILES string of the molecule is CC(=O)N1CCN(C(=O)CCS(=O)(=O)N2CCCc3ccccc32)CC1. The van der Waals surface area contributed by atoms with E-state index < -0.39 is 10.0 Å². The number of anilines is 1. The zero-order valence-electron chi connectivity index (χ0n) is 15.1. The van der Waals surface area contributed by atoms with Crippen LogP contribution in [0, 0.1) is 0 Å². The van der Waals surface area contributed by atoms with E-state index >= 15 is 0 Å². The average Bonchev–Trinajstić information content (AvgIpc) is 2.65. The molecule has 0 aromatic heterocycles. The summed E-state index contributed by atoms with van der Waals surface area (Å²) in [5.74, 6) is -0.349. The second-order valence-corrected chi connectivity index (χ2v) is 8.77. The van der Waals surface area contributed by atoms with Crippen molar-refractivity contribution in [3.05, 3.63) is 29.8 Å². The van der Waals surface area contributed by atoms with Crippen molar-refractivity contribution in [3.63, 3.8) is 0 Å². The van der Waals surface area contributed by atoms with E-state index in [-0.39, 0.29) is 24.0 Å². The number of hydrogen-bond donors (Lipinski definition) is 0. The van der Waals surface area contributed by atoms with Gasteiger partial charge in [0, 0.05) is 46.1 Å². The minimum absolute atomic E-state index is 0.00319. The van der Waals surface area contributed by atoms with E-state index in [1.807, 2.05) is 24.3 Å². The van der Waals surface area contributed by atoms with Gasteiger partial charge in [0.15, 0.2) is 0 Å². The molecule has 2 heterocycles. The second kappa shape index (κ2) is 7.65. The largest absolute Gasteiger partial charge is 0.339 e. The fourth-order valence-electron chi connectivity index (χ4n) is 3.54. The van der Waals surface area contributed by atoms with Crippen LogP contribution in [0.1, 0.15) is 25.3 Å². The number of fused-ring (bicyclic) bond motifs is 1. The number of benzene rings is 1. The second-order valence-electron chi connectivity index (χ2n) is 6.76. The zero-order valence-corrected chi connectivity index (χ0v) is 15.9. The molecule has 0 saturated carbocycles. The highest BCUT2D eigenvalue weighted by atomic mass is 32.2. The Morgan fingerprint density at radius 1 is 1.00 bits per heavy atom. The van der Waals surface area contributed by atoms with Crippen LogP contribution >= 0.6 is 0 Å². The van der Waals surface area contributed by atoms with Crippen molar-refractivity contribution >= 4 is 27.5 Å². The summed E-state index contributed by atoms with van der Waals surface area (Å²) in [6, 6.07) is 7.54. The Bertz CT molecular complexity index is 785. The smallest absolute Gasteiger partial charge is 0.235 e. The molecule has 2 amide bonds. The molecule has 0 aliphatic carbocycles. The molecule has 8 heteroatoms. The molecule has 3 rings (SSSR count). The lowest BCUT2D eigenvalue weighted by Gasteiger charge is -2.34. The summed E-state index contributed by atoms with van der Waals surface area (Å²) < 4.78 is 27.0. The molecular formula is C18H25N3O4S. The molecule has 0 spiro atoms. The number of carbonyl (C=O) groups excluding carboxylic acids is 2. The first-order valence-electron chi connectivity index (χ1n) is 9.00. The Kier molecular flexibility index (Phi) is 5.50. The molecule has 0 radical (unpaired) electrons. The topological polar surface area (TPSA) is 78.0 Å². The summed E-state index contributed by atoms with van der Waals surface area (Å²) in [5.41, 5.74) is 1.77. The predicted octanol–water partition coefficient (Wildman–Crippen LogP) is 0.850. The number of para-hydroxylation sites is 1. The summed E-state index contributed by atoms with van der Waals surface area (Å²) in [7, 11) is -3.53. The maximum Gasteiger partial charge on any atom is 0.235 e. The van der Waals surface area contributed by atoms with Crippen molar-refractivity contribution in [2.75, 3.05) is 42.8 Å². The number of amides is 2. The van der Waals surface area contributed by atoms with Gasteiger partial charge in [0.2, 0.25) is 21.8 Å². The molecule has 1 fully saturated rings. The van der Waals surface area contributed by atoms with Gasteiger partial charge in [0.25, 0.3) is 0 Å². The number of rotatable bonds is 4. The van der Waals surface area contributed by atoms with Gasteiger partial charge in [-0.2, -0.15) is 0 Å². The third-order valence-corrected chi connectivity index (χ3v) is 6.83. The van der Waals surface area contributed by atoms with Gasteiger partial charge in [-0.1, -0.05) is 18.2 Å². The van der Waals surface area contributed by atoms with Gasteiger partial charge in [0.1, 0.15) is 0 Å². The van der Waals surface area contributed by atoms with Crippen LogP contribution in [0.3, 0.4) is 0 Å². The van der Waals surface area contributed by atoms with Crippen molar-refractivity contribution in [2.45, 2.75) is 26.2 Å². The first-order chi connectivity index (χ1) is 12.4. The fourth-order valence-corrected chi connectivity index (χ4v) is 5.08. The highest BCUT2D eigenvalue weighted by Crippen LogP contribution is 2.29. The van der Waals surface area contributed by atoms with Crippen molar-refractivity contribution < 1.29 is 18.0 Å². The van der Waals surface area contributed by atoms with Crippen LogP contribution in [0.15, 0.2) is 24.3 Å². The van der Waals surface area contributed by atoms with Gasteiger partial charge in [0.05, 0.1) is 11.4 Å². The Labute approximate surface area is 154 Å².